The summed E-state index contributed by atoms with van der Waals surface area (Å²) in [6.45, 7) is 2.26. The van der Waals surface area contributed by atoms with E-state index in [1.54, 1.807) is 12.1 Å². The van der Waals surface area contributed by atoms with Crippen LogP contribution in [0.1, 0.15) is 19.8 Å². The number of aliphatic hydroxyl groups excluding tert-OH is 1. The van der Waals surface area contributed by atoms with Crippen molar-refractivity contribution >= 4 is 5.69 Å². The van der Waals surface area contributed by atoms with Crippen molar-refractivity contribution in [2.75, 3.05) is 11.9 Å². The lowest BCUT2D eigenvalue weighted by Crippen LogP contribution is -2.15. The monoisotopic (exact) mass is 197 g/mol. The van der Waals surface area contributed by atoms with E-state index in [9.17, 15) is 4.39 Å². The first-order valence-corrected chi connectivity index (χ1v) is 4.85. The molecule has 2 nitrogen and oxygen atoms in total. The third kappa shape index (κ3) is 3.75. The van der Waals surface area contributed by atoms with Gasteiger partial charge in [-0.15, -0.1) is 0 Å². The van der Waals surface area contributed by atoms with Crippen molar-refractivity contribution in [2.24, 2.45) is 0 Å². The van der Waals surface area contributed by atoms with Gasteiger partial charge in [-0.1, -0.05) is 0 Å². The van der Waals surface area contributed by atoms with Gasteiger partial charge in [0, 0.05) is 18.3 Å². The Morgan fingerprint density at radius 1 is 1.36 bits per heavy atom. The van der Waals surface area contributed by atoms with Gasteiger partial charge in [-0.2, -0.15) is 0 Å². The lowest BCUT2D eigenvalue weighted by Gasteiger charge is -2.14. The molecular formula is C11H16FNO. The first kappa shape index (κ1) is 11.0. The summed E-state index contributed by atoms with van der Waals surface area (Å²) in [5.74, 6) is -0.224. The Morgan fingerprint density at radius 2 is 2.00 bits per heavy atom. The molecule has 0 saturated heterocycles. The van der Waals surface area contributed by atoms with Crippen molar-refractivity contribution in [2.45, 2.75) is 25.8 Å². The van der Waals surface area contributed by atoms with Crippen LogP contribution in [0.4, 0.5) is 10.1 Å². The van der Waals surface area contributed by atoms with E-state index in [2.05, 4.69) is 5.32 Å². The van der Waals surface area contributed by atoms with E-state index in [1.165, 1.54) is 12.1 Å². The quantitative estimate of drug-likeness (QED) is 0.759. The number of anilines is 1. The third-order valence-electron chi connectivity index (χ3n) is 2.05. The Labute approximate surface area is 83.8 Å². The minimum Gasteiger partial charge on any atom is -0.396 e. The second-order valence-corrected chi connectivity index (χ2v) is 3.42. The molecule has 0 aliphatic heterocycles. The van der Waals surface area contributed by atoms with Crippen molar-refractivity contribution < 1.29 is 9.50 Å². The van der Waals surface area contributed by atoms with E-state index >= 15 is 0 Å². The maximum Gasteiger partial charge on any atom is 0.123 e. The summed E-state index contributed by atoms with van der Waals surface area (Å²) in [5.41, 5.74) is 0.914. The highest BCUT2D eigenvalue weighted by molar-refractivity contribution is 5.43. The van der Waals surface area contributed by atoms with E-state index in [1.807, 2.05) is 6.92 Å². The minimum absolute atomic E-state index is 0.218. The van der Waals surface area contributed by atoms with E-state index < -0.39 is 0 Å². The predicted molar refractivity (Wildman–Crippen MR) is 55.8 cm³/mol. The maximum atomic E-state index is 12.6. The van der Waals surface area contributed by atoms with Crippen LogP contribution in [-0.4, -0.2) is 17.8 Å². The van der Waals surface area contributed by atoms with Gasteiger partial charge in [0.1, 0.15) is 5.82 Å². The first-order valence-electron chi connectivity index (χ1n) is 4.85. The molecule has 0 saturated carbocycles. The van der Waals surface area contributed by atoms with Crippen LogP contribution in [0.5, 0.6) is 0 Å². The summed E-state index contributed by atoms with van der Waals surface area (Å²) in [5, 5.41) is 11.9. The molecule has 78 valence electrons. The highest BCUT2D eigenvalue weighted by Crippen LogP contribution is 2.11. The molecule has 2 N–H and O–H groups in total. The van der Waals surface area contributed by atoms with Crippen molar-refractivity contribution in [3.8, 4) is 0 Å². The van der Waals surface area contributed by atoms with Gasteiger partial charge < -0.3 is 10.4 Å². The zero-order valence-corrected chi connectivity index (χ0v) is 8.33. The van der Waals surface area contributed by atoms with Gasteiger partial charge >= 0.3 is 0 Å². The zero-order valence-electron chi connectivity index (χ0n) is 8.33. The van der Waals surface area contributed by atoms with E-state index in [0.717, 1.165) is 18.5 Å². The topological polar surface area (TPSA) is 32.3 Å². The van der Waals surface area contributed by atoms with E-state index in [4.69, 9.17) is 5.11 Å². The molecule has 1 aromatic rings. The maximum absolute atomic E-state index is 12.6. The highest BCUT2D eigenvalue weighted by atomic mass is 19.1. The van der Waals surface area contributed by atoms with Crippen LogP contribution in [0.2, 0.25) is 0 Å². The Kier molecular flexibility index (Phi) is 4.40. The fraction of sp³-hybridized carbons (Fsp3) is 0.455. The van der Waals surface area contributed by atoms with Crippen LogP contribution in [0, 0.1) is 5.82 Å². The van der Waals surface area contributed by atoms with Crippen LogP contribution in [-0.2, 0) is 0 Å². The minimum atomic E-state index is -0.224. The van der Waals surface area contributed by atoms with Gasteiger partial charge in [-0.3, -0.25) is 0 Å². The molecule has 0 fully saturated rings. The molecule has 0 aliphatic rings. The lowest BCUT2D eigenvalue weighted by molar-refractivity contribution is 0.282. The highest BCUT2D eigenvalue weighted by Gasteiger charge is 2.00. The molecule has 0 radical (unpaired) electrons. The molecule has 0 aliphatic carbocycles. The van der Waals surface area contributed by atoms with E-state index in [-0.39, 0.29) is 12.4 Å². The van der Waals surface area contributed by atoms with Crippen LogP contribution < -0.4 is 5.32 Å². The normalized spacial score (nSPS) is 12.5. The molecule has 3 heteroatoms. The molecule has 0 aromatic heterocycles. The standard InChI is InChI=1S/C11H16FNO/c1-9(3-2-8-14)13-11-6-4-10(12)5-7-11/h4-7,9,13-14H,2-3,8H2,1H3/t9-/m1/s1. The fourth-order valence-electron chi connectivity index (χ4n) is 1.30. The van der Waals surface area contributed by atoms with Crippen molar-refractivity contribution in [1.29, 1.82) is 0 Å². The Morgan fingerprint density at radius 3 is 2.57 bits per heavy atom. The molecule has 0 spiro atoms. The Balaban J connectivity index is 2.39. The Bertz CT molecular complexity index is 260. The van der Waals surface area contributed by atoms with Gasteiger partial charge in [0.25, 0.3) is 0 Å². The van der Waals surface area contributed by atoms with Gasteiger partial charge in [0.15, 0.2) is 0 Å². The molecule has 0 heterocycles. The van der Waals surface area contributed by atoms with E-state index in [0.29, 0.717) is 6.04 Å². The van der Waals surface area contributed by atoms with Crippen molar-refractivity contribution in [3.05, 3.63) is 30.1 Å². The average molecular weight is 197 g/mol. The van der Waals surface area contributed by atoms with Gasteiger partial charge in [0.2, 0.25) is 0 Å². The second-order valence-electron chi connectivity index (χ2n) is 3.42. The van der Waals surface area contributed by atoms with Crippen LogP contribution >= 0.6 is 0 Å². The number of hydrogen-bond donors (Lipinski definition) is 2. The van der Waals surface area contributed by atoms with Crippen molar-refractivity contribution in [3.63, 3.8) is 0 Å². The number of rotatable bonds is 5. The van der Waals surface area contributed by atoms with Gasteiger partial charge in [-0.25, -0.2) is 4.39 Å². The summed E-state index contributed by atoms with van der Waals surface area (Å²) in [7, 11) is 0. The molecule has 0 amide bonds. The molecule has 1 atom stereocenters. The number of hydrogen-bond acceptors (Lipinski definition) is 2. The summed E-state index contributed by atoms with van der Waals surface area (Å²) in [4.78, 5) is 0. The fourth-order valence-corrected chi connectivity index (χ4v) is 1.30. The average Bonchev–Trinajstić information content (AvgIpc) is 2.18. The summed E-state index contributed by atoms with van der Waals surface area (Å²) >= 11 is 0. The summed E-state index contributed by atoms with van der Waals surface area (Å²) < 4.78 is 12.6. The molecule has 1 rings (SSSR count). The van der Waals surface area contributed by atoms with Crippen LogP contribution in [0.3, 0.4) is 0 Å². The summed E-state index contributed by atoms with van der Waals surface area (Å²) in [6.07, 6.45) is 1.70. The smallest absolute Gasteiger partial charge is 0.123 e. The Hall–Kier alpha value is -1.09. The molecule has 14 heavy (non-hydrogen) atoms. The number of aliphatic hydroxyl groups is 1. The second kappa shape index (κ2) is 5.60. The largest absolute Gasteiger partial charge is 0.396 e. The number of nitrogens with one attached hydrogen (secondary N) is 1. The van der Waals surface area contributed by atoms with Gasteiger partial charge in [-0.05, 0) is 44.0 Å². The number of halogens is 1. The predicted octanol–water partition coefficient (Wildman–Crippen LogP) is 2.40. The van der Waals surface area contributed by atoms with Gasteiger partial charge in [0.05, 0.1) is 0 Å². The molecule has 1 aromatic carbocycles. The van der Waals surface area contributed by atoms with Crippen molar-refractivity contribution in [1.82, 2.24) is 0 Å². The first-order chi connectivity index (χ1) is 6.72. The summed E-state index contributed by atoms with van der Waals surface area (Å²) in [6, 6.07) is 6.59. The van der Waals surface area contributed by atoms with Crippen LogP contribution in [0.25, 0.3) is 0 Å². The zero-order chi connectivity index (χ0) is 10.4. The van der Waals surface area contributed by atoms with Crippen LogP contribution in [0.15, 0.2) is 24.3 Å². The molecular weight excluding hydrogens is 181 g/mol. The SMILES string of the molecule is C[C@H](CCCO)Nc1ccc(F)cc1. The lowest BCUT2D eigenvalue weighted by atomic mass is 10.2. The molecule has 0 bridgehead atoms. The third-order valence-corrected chi connectivity index (χ3v) is 2.05. The molecule has 0 unspecified atom stereocenters. The number of benzene rings is 1.